The van der Waals surface area contributed by atoms with E-state index >= 15 is 0 Å². The van der Waals surface area contributed by atoms with Crippen molar-refractivity contribution >= 4 is 11.6 Å². The standard InChI is InChI=1S/C14H17N3O3/c1-8-11(9(2)20-17-8)7-19-13-5-4-10(6-12(13)15)14(18)16-3/h4-6H,7,15H2,1-3H3,(H,16,18). The first-order chi connectivity index (χ1) is 9.52. The maximum Gasteiger partial charge on any atom is 0.251 e. The number of hydrogen-bond acceptors (Lipinski definition) is 5. The van der Waals surface area contributed by atoms with E-state index in [1.807, 2.05) is 13.8 Å². The molecule has 0 bridgehead atoms. The molecule has 2 aromatic rings. The summed E-state index contributed by atoms with van der Waals surface area (Å²) in [4.78, 5) is 11.5. The molecule has 0 aliphatic heterocycles. The number of hydrogen-bond donors (Lipinski definition) is 2. The van der Waals surface area contributed by atoms with E-state index in [-0.39, 0.29) is 5.91 Å². The van der Waals surface area contributed by atoms with Gasteiger partial charge in [0.05, 0.1) is 16.9 Å². The molecule has 1 aromatic carbocycles. The Balaban J connectivity index is 2.13. The van der Waals surface area contributed by atoms with Crippen molar-refractivity contribution in [1.82, 2.24) is 10.5 Å². The van der Waals surface area contributed by atoms with Gasteiger partial charge in [-0.2, -0.15) is 0 Å². The molecule has 0 atom stereocenters. The monoisotopic (exact) mass is 275 g/mol. The molecule has 0 radical (unpaired) electrons. The van der Waals surface area contributed by atoms with Crippen LogP contribution in [0.1, 0.15) is 27.4 Å². The predicted molar refractivity (Wildman–Crippen MR) is 74.6 cm³/mol. The summed E-state index contributed by atoms with van der Waals surface area (Å²) in [6.45, 7) is 4.01. The molecule has 6 nitrogen and oxygen atoms in total. The lowest BCUT2D eigenvalue weighted by Crippen LogP contribution is -2.17. The summed E-state index contributed by atoms with van der Waals surface area (Å²) < 4.78 is 10.7. The SMILES string of the molecule is CNC(=O)c1ccc(OCc2c(C)noc2C)c(N)c1. The van der Waals surface area contributed by atoms with Crippen molar-refractivity contribution in [3.05, 3.63) is 40.8 Å². The van der Waals surface area contributed by atoms with Crippen LogP contribution in [-0.4, -0.2) is 18.1 Å². The van der Waals surface area contributed by atoms with Crippen LogP contribution < -0.4 is 15.8 Å². The lowest BCUT2D eigenvalue weighted by atomic mass is 10.1. The second-order valence-corrected chi connectivity index (χ2v) is 4.42. The van der Waals surface area contributed by atoms with Crippen LogP contribution >= 0.6 is 0 Å². The molecule has 2 rings (SSSR count). The summed E-state index contributed by atoms with van der Waals surface area (Å²) in [5.41, 5.74) is 8.49. The minimum Gasteiger partial charge on any atom is -0.487 e. The molecule has 3 N–H and O–H groups in total. The summed E-state index contributed by atoms with van der Waals surface area (Å²) in [6, 6.07) is 4.93. The third-order valence-electron chi connectivity index (χ3n) is 3.05. The van der Waals surface area contributed by atoms with Gasteiger partial charge >= 0.3 is 0 Å². The zero-order chi connectivity index (χ0) is 14.7. The highest BCUT2D eigenvalue weighted by atomic mass is 16.5. The molecule has 0 aliphatic rings. The van der Waals surface area contributed by atoms with Gasteiger partial charge in [-0.05, 0) is 32.0 Å². The molecule has 0 unspecified atom stereocenters. The average molecular weight is 275 g/mol. The van der Waals surface area contributed by atoms with Crippen molar-refractivity contribution in [2.45, 2.75) is 20.5 Å². The molecule has 1 aromatic heterocycles. The van der Waals surface area contributed by atoms with Gasteiger partial charge in [0.25, 0.3) is 5.91 Å². The van der Waals surface area contributed by atoms with E-state index in [1.54, 1.807) is 25.2 Å². The molecule has 0 saturated heterocycles. The van der Waals surface area contributed by atoms with E-state index in [0.29, 0.717) is 23.6 Å². The lowest BCUT2D eigenvalue weighted by molar-refractivity contribution is 0.0963. The Kier molecular flexibility index (Phi) is 3.93. The minimum atomic E-state index is -0.186. The van der Waals surface area contributed by atoms with Gasteiger partial charge < -0.3 is 20.3 Å². The molecule has 1 amide bonds. The highest BCUT2D eigenvalue weighted by Gasteiger charge is 2.11. The van der Waals surface area contributed by atoms with E-state index in [2.05, 4.69) is 10.5 Å². The predicted octanol–water partition coefficient (Wildman–Crippen LogP) is 1.81. The summed E-state index contributed by atoms with van der Waals surface area (Å²) in [6.07, 6.45) is 0. The summed E-state index contributed by atoms with van der Waals surface area (Å²) in [5, 5.41) is 6.40. The highest BCUT2D eigenvalue weighted by Crippen LogP contribution is 2.24. The maximum atomic E-state index is 11.5. The number of carbonyl (C=O) groups is 1. The number of rotatable bonds is 4. The van der Waals surface area contributed by atoms with Crippen LogP contribution in [0.25, 0.3) is 0 Å². The van der Waals surface area contributed by atoms with Crippen molar-refractivity contribution in [2.24, 2.45) is 0 Å². The largest absolute Gasteiger partial charge is 0.487 e. The average Bonchev–Trinajstić information content (AvgIpc) is 2.76. The minimum absolute atomic E-state index is 0.186. The van der Waals surface area contributed by atoms with Gasteiger partial charge in [0, 0.05) is 12.6 Å². The zero-order valence-electron chi connectivity index (χ0n) is 11.7. The highest BCUT2D eigenvalue weighted by molar-refractivity contribution is 5.95. The number of carbonyl (C=O) groups excluding carboxylic acids is 1. The van der Waals surface area contributed by atoms with Crippen LogP contribution in [0.3, 0.4) is 0 Å². The van der Waals surface area contributed by atoms with Crippen molar-refractivity contribution in [3.63, 3.8) is 0 Å². The van der Waals surface area contributed by atoms with Gasteiger partial charge in [-0.15, -0.1) is 0 Å². The van der Waals surface area contributed by atoms with Gasteiger partial charge in [-0.25, -0.2) is 0 Å². The van der Waals surface area contributed by atoms with Crippen LogP contribution in [0.15, 0.2) is 22.7 Å². The smallest absolute Gasteiger partial charge is 0.251 e. The lowest BCUT2D eigenvalue weighted by Gasteiger charge is -2.10. The Bertz CT molecular complexity index is 615. The van der Waals surface area contributed by atoms with Crippen molar-refractivity contribution in [3.8, 4) is 5.75 Å². The first-order valence-electron chi connectivity index (χ1n) is 6.19. The second kappa shape index (κ2) is 5.64. The van der Waals surface area contributed by atoms with Crippen molar-refractivity contribution in [1.29, 1.82) is 0 Å². The zero-order valence-corrected chi connectivity index (χ0v) is 11.7. The number of aryl methyl sites for hydroxylation is 2. The Labute approximate surface area is 116 Å². The van der Waals surface area contributed by atoms with Crippen LogP contribution in [0.2, 0.25) is 0 Å². The number of benzene rings is 1. The second-order valence-electron chi connectivity index (χ2n) is 4.42. The number of ether oxygens (including phenoxy) is 1. The van der Waals surface area contributed by atoms with Gasteiger partial charge in [0.1, 0.15) is 18.1 Å². The molecular formula is C14H17N3O3. The Morgan fingerprint density at radius 1 is 1.45 bits per heavy atom. The number of anilines is 1. The molecular weight excluding hydrogens is 258 g/mol. The molecule has 6 heteroatoms. The maximum absolute atomic E-state index is 11.5. The summed E-state index contributed by atoms with van der Waals surface area (Å²) in [7, 11) is 1.57. The molecule has 20 heavy (non-hydrogen) atoms. The van der Waals surface area contributed by atoms with Crippen LogP contribution in [0.4, 0.5) is 5.69 Å². The van der Waals surface area contributed by atoms with Gasteiger partial charge in [0.15, 0.2) is 0 Å². The summed E-state index contributed by atoms with van der Waals surface area (Å²) in [5.74, 6) is 1.06. The van der Waals surface area contributed by atoms with E-state index in [0.717, 1.165) is 17.0 Å². The van der Waals surface area contributed by atoms with Crippen molar-refractivity contribution in [2.75, 3.05) is 12.8 Å². The molecule has 106 valence electrons. The first-order valence-corrected chi connectivity index (χ1v) is 6.19. The summed E-state index contributed by atoms with van der Waals surface area (Å²) >= 11 is 0. The normalized spacial score (nSPS) is 10.3. The molecule has 0 fully saturated rings. The Hall–Kier alpha value is -2.50. The number of nitrogens with one attached hydrogen (secondary N) is 1. The number of nitrogen functional groups attached to an aromatic ring is 1. The first kappa shape index (κ1) is 13.9. The van der Waals surface area contributed by atoms with E-state index in [1.165, 1.54) is 0 Å². The fraction of sp³-hybridized carbons (Fsp3) is 0.286. The van der Waals surface area contributed by atoms with E-state index < -0.39 is 0 Å². The fourth-order valence-electron chi connectivity index (χ4n) is 1.82. The third kappa shape index (κ3) is 2.74. The van der Waals surface area contributed by atoms with E-state index in [9.17, 15) is 4.79 Å². The van der Waals surface area contributed by atoms with Crippen LogP contribution in [0, 0.1) is 13.8 Å². The molecule has 0 aliphatic carbocycles. The Morgan fingerprint density at radius 3 is 2.75 bits per heavy atom. The number of nitrogens with zero attached hydrogens (tertiary/aromatic N) is 1. The van der Waals surface area contributed by atoms with Gasteiger partial charge in [-0.1, -0.05) is 5.16 Å². The quantitative estimate of drug-likeness (QED) is 0.830. The number of amides is 1. The number of aromatic nitrogens is 1. The topological polar surface area (TPSA) is 90.4 Å². The van der Waals surface area contributed by atoms with Gasteiger partial charge in [-0.3, -0.25) is 4.79 Å². The molecule has 0 spiro atoms. The third-order valence-corrected chi connectivity index (χ3v) is 3.05. The number of nitrogens with two attached hydrogens (primary N) is 1. The van der Waals surface area contributed by atoms with E-state index in [4.69, 9.17) is 15.0 Å². The van der Waals surface area contributed by atoms with Crippen LogP contribution in [-0.2, 0) is 6.61 Å². The molecule has 1 heterocycles. The fourth-order valence-corrected chi connectivity index (χ4v) is 1.82. The van der Waals surface area contributed by atoms with Crippen LogP contribution in [0.5, 0.6) is 5.75 Å². The van der Waals surface area contributed by atoms with Crippen molar-refractivity contribution < 1.29 is 14.1 Å². The molecule has 0 saturated carbocycles. The van der Waals surface area contributed by atoms with Gasteiger partial charge in [0.2, 0.25) is 0 Å². The Morgan fingerprint density at radius 2 is 2.20 bits per heavy atom.